The minimum atomic E-state index is -0.686. The molecule has 3 atom stereocenters. The lowest BCUT2D eigenvalue weighted by Crippen LogP contribution is -2.51. The summed E-state index contributed by atoms with van der Waals surface area (Å²) < 4.78 is 10.9. The van der Waals surface area contributed by atoms with Gasteiger partial charge >= 0.3 is 6.09 Å². The van der Waals surface area contributed by atoms with Crippen LogP contribution in [0.3, 0.4) is 0 Å². The van der Waals surface area contributed by atoms with E-state index in [4.69, 9.17) is 14.3 Å². The molecular weight excluding hydrogens is 660 g/mol. The maximum Gasteiger partial charge on any atom is 0.407 e. The normalized spacial score (nSPS) is 17.5. The van der Waals surface area contributed by atoms with Gasteiger partial charge in [0.25, 0.3) is 0 Å². The highest BCUT2D eigenvalue weighted by Crippen LogP contribution is 2.31. The Kier molecular flexibility index (Phi) is 17.9. The van der Waals surface area contributed by atoms with E-state index in [-0.39, 0.29) is 49.8 Å². The van der Waals surface area contributed by atoms with Crippen LogP contribution in [-0.4, -0.2) is 48.3 Å². The first-order valence-corrected chi connectivity index (χ1v) is 19.4. The van der Waals surface area contributed by atoms with Gasteiger partial charge in [-0.2, -0.15) is 0 Å². The van der Waals surface area contributed by atoms with Crippen molar-refractivity contribution in [2.75, 3.05) is 13.2 Å². The monoisotopic (exact) mass is 720 g/mol. The second kappa shape index (κ2) is 22.9. The van der Waals surface area contributed by atoms with Gasteiger partial charge in [-0.15, -0.1) is 0 Å². The molecule has 2 aromatic carbocycles. The lowest BCUT2D eigenvalue weighted by Gasteiger charge is -2.31. The molecule has 11 nitrogen and oxygen atoms in total. The summed E-state index contributed by atoms with van der Waals surface area (Å²) in [5.74, 6) is -1.55. The second-order valence-electron chi connectivity index (χ2n) is 14.7. The number of rotatable bonds is 19. The van der Waals surface area contributed by atoms with Crippen molar-refractivity contribution >= 4 is 23.8 Å². The largest absolute Gasteiger partial charge is 0.445 e. The van der Waals surface area contributed by atoms with Crippen molar-refractivity contribution in [3.8, 4) is 0 Å². The minimum absolute atomic E-state index is 0.0848. The Morgan fingerprint density at radius 2 is 1.52 bits per heavy atom. The average Bonchev–Trinajstić information content (AvgIpc) is 3.17. The third-order valence-corrected chi connectivity index (χ3v) is 9.94. The number of alkyl carbamates (subject to hydrolysis) is 1. The first-order chi connectivity index (χ1) is 25.3. The molecule has 0 spiro atoms. The van der Waals surface area contributed by atoms with Gasteiger partial charge < -0.3 is 14.8 Å². The number of amides is 4. The van der Waals surface area contributed by atoms with E-state index in [0.29, 0.717) is 38.2 Å². The third kappa shape index (κ3) is 14.9. The summed E-state index contributed by atoms with van der Waals surface area (Å²) in [5.41, 5.74) is 7.31. The molecule has 2 aliphatic rings. The van der Waals surface area contributed by atoms with Crippen molar-refractivity contribution in [1.29, 1.82) is 0 Å². The molecule has 1 aliphatic heterocycles. The Bertz CT molecular complexity index is 1350. The lowest BCUT2D eigenvalue weighted by molar-refractivity contribution is -0.203. The van der Waals surface area contributed by atoms with Crippen LogP contribution in [0.2, 0.25) is 0 Å². The Morgan fingerprint density at radius 1 is 0.827 bits per heavy atom. The van der Waals surface area contributed by atoms with Crippen LogP contribution in [0.1, 0.15) is 115 Å². The van der Waals surface area contributed by atoms with Crippen LogP contribution in [0, 0.1) is 23.7 Å². The highest BCUT2D eigenvalue weighted by molar-refractivity contribution is 5.88. The van der Waals surface area contributed by atoms with Crippen molar-refractivity contribution in [1.82, 2.24) is 21.2 Å². The van der Waals surface area contributed by atoms with E-state index >= 15 is 0 Å². The maximum atomic E-state index is 14.3. The van der Waals surface area contributed by atoms with Crippen molar-refractivity contribution < 1.29 is 33.5 Å². The van der Waals surface area contributed by atoms with Crippen LogP contribution in [0.5, 0.6) is 0 Å². The van der Waals surface area contributed by atoms with Gasteiger partial charge in [0.1, 0.15) is 6.61 Å². The molecule has 0 bridgehead atoms. The number of carbonyl (C=O) groups excluding carboxylic acids is 4. The molecule has 0 radical (unpaired) electrons. The van der Waals surface area contributed by atoms with Gasteiger partial charge in [0, 0.05) is 26.0 Å². The van der Waals surface area contributed by atoms with Gasteiger partial charge in [-0.3, -0.25) is 19.8 Å². The number of hydrogen-bond acceptors (Lipinski definition) is 7. The topological polar surface area (TPSA) is 135 Å². The maximum absolute atomic E-state index is 14.3. The average molecular weight is 721 g/mol. The van der Waals surface area contributed by atoms with Crippen LogP contribution in [0.25, 0.3) is 0 Å². The zero-order valence-electron chi connectivity index (χ0n) is 31.2. The Hall–Kier alpha value is -3.96. The number of nitrogens with zero attached hydrogens (tertiary/aromatic N) is 1. The van der Waals surface area contributed by atoms with Crippen LogP contribution in [-0.2, 0) is 41.8 Å². The van der Waals surface area contributed by atoms with Gasteiger partial charge in [0.15, 0.2) is 6.29 Å². The van der Waals surface area contributed by atoms with Gasteiger partial charge in [-0.25, -0.2) is 20.1 Å². The zero-order valence-corrected chi connectivity index (χ0v) is 31.2. The molecule has 1 saturated heterocycles. The first-order valence-electron chi connectivity index (χ1n) is 19.4. The van der Waals surface area contributed by atoms with E-state index in [0.717, 1.165) is 36.8 Å². The summed E-state index contributed by atoms with van der Waals surface area (Å²) in [6, 6.07) is 18.9. The number of hydrogen-bond donors (Lipinski definition) is 3. The Morgan fingerprint density at radius 3 is 2.19 bits per heavy atom. The van der Waals surface area contributed by atoms with Crippen molar-refractivity contribution in [2.45, 2.75) is 123 Å². The fourth-order valence-electron chi connectivity index (χ4n) is 7.09. The van der Waals surface area contributed by atoms with E-state index in [9.17, 15) is 19.2 Å². The second-order valence-corrected chi connectivity index (χ2v) is 14.7. The van der Waals surface area contributed by atoms with Gasteiger partial charge in [0.2, 0.25) is 17.7 Å². The van der Waals surface area contributed by atoms with Crippen LogP contribution >= 0.6 is 0 Å². The molecule has 1 saturated carbocycles. The third-order valence-electron chi connectivity index (χ3n) is 9.94. The molecule has 11 heteroatoms. The lowest BCUT2D eigenvalue weighted by atomic mass is 9.79. The summed E-state index contributed by atoms with van der Waals surface area (Å²) in [7, 11) is 0. The van der Waals surface area contributed by atoms with E-state index in [2.05, 4.69) is 16.2 Å². The molecule has 3 N–H and O–H groups in total. The Balaban J connectivity index is 1.41. The van der Waals surface area contributed by atoms with Gasteiger partial charge in [0.05, 0.1) is 18.4 Å². The van der Waals surface area contributed by atoms with Crippen LogP contribution in [0.15, 0.2) is 60.7 Å². The molecular formula is C41H60N4O7. The number of nitrogens with one attached hydrogen (secondary N) is 3. The number of hydroxylamine groups is 1. The molecule has 2 fully saturated rings. The zero-order chi connectivity index (χ0) is 37.0. The van der Waals surface area contributed by atoms with Crippen molar-refractivity contribution in [3.05, 3.63) is 71.8 Å². The predicted octanol–water partition coefficient (Wildman–Crippen LogP) is 7.36. The van der Waals surface area contributed by atoms with E-state index in [1.807, 2.05) is 74.5 Å². The molecule has 0 aromatic heterocycles. The summed E-state index contributed by atoms with van der Waals surface area (Å²) in [5, 5.41) is 4.05. The molecule has 286 valence electrons. The molecule has 4 amide bonds. The fourth-order valence-corrected chi connectivity index (χ4v) is 7.09. The van der Waals surface area contributed by atoms with Crippen molar-refractivity contribution in [2.24, 2.45) is 23.7 Å². The van der Waals surface area contributed by atoms with E-state index in [1.54, 1.807) is 0 Å². The first kappa shape index (κ1) is 40.8. The number of benzene rings is 2. The summed E-state index contributed by atoms with van der Waals surface area (Å²) in [6.45, 7) is 5.20. The van der Waals surface area contributed by atoms with Crippen molar-refractivity contribution in [3.63, 3.8) is 0 Å². The van der Waals surface area contributed by atoms with E-state index in [1.165, 1.54) is 37.1 Å². The minimum Gasteiger partial charge on any atom is -0.445 e. The number of carbonyl (C=O) groups is 4. The summed E-state index contributed by atoms with van der Waals surface area (Å²) in [4.78, 5) is 59.8. The molecule has 4 rings (SSSR count). The van der Waals surface area contributed by atoms with E-state index < -0.39 is 24.2 Å². The molecule has 52 heavy (non-hydrogen) atoms. The number of ether oxygens (including phenoxy) is 2. The summed E-state index contributed by atoms with van der Waals surface area (Å²) >= 11 is 0. The highest BCUT2D eigenvalue weighted by Gasteiger charge is 2.36. The van der Waals surface area contributed by atoms with Crippen LogP contribution in [0.4, 0.5) is 4.79 Å². The standard InChI is InChI=1S/C41H60N4O7/c1-31(2)28-36(35(23-14-22-32-16-6-3-7-17-32)40(48)44-52-38-25-12-13-27-50-38)39(47)43-45(29-33-18-8-4-9-19-33)37(46)24-15-26-42-41(49)51-30-34-20-10-5-11-21-34/h4-5,8-11,18-21,31-32,35-36,38H,3,6-7,12-17,22-30H2,1-2H3,(H,42,49)(H,43,47)(H,44,48)/t35-,36+,38?/m0/s1. The molecule has 1 unspecified atom stereocenters. The van der Waals surface area contributed by atoms with Gasteiger partial charge in [-0.05, 0) is 55.1 Å². The predicted molar refractivity (Wildman–Crippen MR) is 199 cm³/mol. The molecule has 1 heterocycles. The van der Waals surface area contributed by atoms with Gasteiger partial charge in [-0.1, -0.05) is 119 Å². The Labute approximate surface area is 309 Å². The van der Waals surface area contributed by atoms with Crippen LogP contribution < -0.4 is 16.2 Å². The summed E-state index contributed by atoms with van der Waals surface area (Å²) in [6.07, 6.45) is 11.1. The number of hydrazine groups is 1. The highest BCUT2D eigenvalue weighted by atomic mass is 16.8. The SMILES string of the molecule is CC(C)C[C@@H](C(=O)NN(Cc1ccccc1)C(=O)CCCNC(=O)OCc1ccccc1)[C@H](CCCC1CCCCC1)C(=O)NOC1CCCCO1. The molecule has 1 aliphatic carbocycles. The smallest absolute Gasteiger partial charge is 0.407 e. The molecule has 2 aromatic rings. The quantitative estimate of drug-likeness (QED) is 0.102. The fraction of sp³-hybridized carbons (Fsp3) is 0.610.